The molecule has 6 heteroatoms. The van der Waals surface area contributed by atoms with Crippen LogP contribution in [0.5, 0.6) is 0 Å². The van der Waals surface area contributed by atoms with Crippen molar-refractivity contribution in [2.75, 3.05) is 0 Å². The monoisotopic (exact) mass is 277 g/mol. The molecule has 0 aliphatic rings. The highest BCUT2D eigenvalue weighted by Gasteiger charge is 2.34. The van der Waals surface area contributed by atoms with E-state index in [1.165, 1.54) is 6.08 Å². The molecule has 0 aromatic rings. The molecule has 18 heavy (non-hydrogen) atoms. The first-order valence-corrected chi connectivity index (χ1v) is 7.38. The second-order valence-corrected chi connectivity index (χ2v) is 7.16. The molecule has 0 heterocycles. The lowest BCUT2D eigenvalue weighted by molar-refractivity contribution is -0.117. The van der Waals surface area contributed by atoms with E-state index in [4.69, 9.17) is 0 Å². The van der Waals surface area contributed by atoms with Crippen LogP contribution >= 0.6 is 0 Å². The van der Waals surface area contributed by atoms with Gasteiger partial charge in [0.25, 0.3) is 10.1 Å². The molecular formula is C12H23NO4S. The summed E-state index contributed by atoms with van der Waals surface area (Å²) in [5, 5.41) is 1.81. The summed E-state index contributed by atoms with van der Waals surface area (Å²) in [7, 11) is -4.09. The van der Waals surface area contributed by atoms with Crippen LogP contribution in [-0.4, -0.2) is 30.2 Å². The van der Waals surface area contributed by atoms with Gasteiger partial charge in [-0.25, -0.2) is 0 Å². The lowest BCUT2D eigenvalue weighted by atomic mass is 9.88. The van der Waals surface area contributed by atoms with Crippen LogP contribution in [0, 0.1) is 5.41 Å². The van der Waals surface area contributed by atoms with E-state index >= 15 is 0 Å². The van der Waals surface area contributed by atoms with Crippen molar-refractivity contribution in [3.05, 3.63) is 12.7 Å². The third-order valence-electron chi connectivity index (χ3n) is 2.76. The van der Waals surface area contributed by atoms with Gasteiger partial charge in [0.2, 0.25) is 5.91 Å². The standard InChI is InChI=1S/C12H23NO4S/c1-6-11(14)13-9(2)7-8-10(12(3,4)5)18(15,16)17/h6,9-10H,1,7-8H2,2-5H3,(H,13,14)(H,15,16,17). The van der Waals surface area contributed by atoms with Crippen LogP contribution < -0.4 is 5.32 Å². The van der Waals surface area contributed by atoms with E-state index in [1.54, 1.807) is 27.7 Å². The topological polar surface area (TPSA) is 83.5 Å². The zero-order valence-electron chi connectivity index (χ0n) is 11.4. The lowest BCUT2D eigenvalue weighted by Crippen LogP contribution is -2.37. The fourth-order valence-corrected chi connectivity index (χ4v) is 3.13. The van der Waals surface area contributed by atoms with Gasteiger partial charge in [-0.05, 0) is 31.3 Å². The average molecular weight is 277 g/mol. The molecule has 0 bridgehead atoms. The van der Waals surface area contributed by atoms with Gasteiger partial charge in [-0.15, -0.1) is 0 Å². The van der Waals surface area contributed by atoms with Crippen LogP contribution in [0.15, 0.2) is 12.7 Å². The molecule has 0 saturated carbocycles. The summed E-state index contributed by atoms with van der Waals surface area (Å²) in [5.41, 5.74) is -0.546. The van der Waals surface area contributed by atoms with Gasteiger partial charge in [-0.2, -0.15) is 8.42 Å². The van der Waals surface area contributed by atoms with Gasteiger partial charge in [-0.1, -0.05) is 27.4 Å². The van der Waals surface area contributed by atoms with E-state index in [1.807, 2.05) is 0 Å². The van der Waals surface area contributed by atoms with E-state index < -0.39 is 20.8 Å². The molecule has 2 N–H and O–H groups in total. The maximum absolute atomic E-state index is 11.3. The maximum Gasteiger partial charge on any atom is 0.268 e. The third kappa shape index (κ3) is 6.16. The smallest absolute Gasteiger partial charge is 0.268 e. The second kappa shape index (κ2) is 6.33. The minimum absolute atomic E-state index is 0.165. The first kappa shape index (κ1) is 17.1. The Morgan fingerprint density at radius 3 is 2.22 bits per heavy atom. The maximum atomic E-state index is 11.3. The van der Waals surface area contributed by atoms with E-state index in [0.717, 1.165) is 0 Å². The summed E-state index contributed by atoms with van der Waals surface area (Å²) in [4.78, 5) is 11.1. The Morgan fingerprint density at radius 2 is 1.89 bits per heavy atom. The summed E-state index contributed by atoms with van der Waals surface area (Å²) in [5.74, 6) is -0.290. The second-order valence-electron chi connectivity index (χ2n) is 5.56. The number of carbonyl (C=O) groups excluding carboxylic acids is 1. The highest BCUT2D eigenvalue weighted by Crippen LogP contribution is 2.29. The summed E-state index contributed by atoms with van der Waals surface area (Å²) in [6.07, 6.45) is 1.93. The molecule has 2 atom stereocenters. The minimum atomic E-state index is -4.09. The Balaban J connectivity index is 4.56. The van der Waals surface area contributed by atoms with Gasteiger partial charge in [0.1, 0.15) is 0 Å². The summed E-state index contributed by atoms with van der Waals surface area (Å²) in [6, 6.07) is -0.165. The van der Waals surface area contributed by atoms with Gasteiger partial charge in [0.05, 0.1) is 5.25 Å². The first-order valence-electron chi connectivity index (χ1n) is 5.87. The molecular weight excluding hydrogens is 254 g/mol. The number of amides is 1. The van der Waals surface area contributed by atoms with Crippen molar-refractivity contribution in [2.24, 2.45) is 5.41 Å². The van der Waals surface area contributed by atoms with Crippen LogP contribution in [0.1, 0.15) is 40.5 Å². The molecule has 2 unspecified atom stereocenters. The fraction of sp³-hybridized carbons (Fsp3) is 0.750. The molecule has 0 radical (unpaired) electrons. The van der Waals surface area contributed by atoms with Gasteiger partial charge in [0.15, 0.2) is 0 Å². The molecule has 0 saturated heterocycles. The van der Waals surface area contributed by atoms with Crippen molar-refractivity contribution in [1.82, 2.24) is 5.32 Å². The molecule has 0 aromatic carbocycles. The van der Waals surface area contributed by atoms with E-state index in [0.29, 0.717) is 12.8 Å². The molecule has 0 spiro atoms. The minimum Gasteiger partial charge on any atom is -0.350 e. The van der Waals surface area contributed by atoms with Crippen molar-refractivity contribution in [2.45, 2.75) is 51.8 Å². The van der Waals surface area contributed by atoms with Gasteiger partial charge < -0.3 is 5.32 Å². The van der Waals surface area contributed by atoms with Crippen molar-refractivity contribution < 1.29 is 17.8 Å². The largest absolute Gasteiger partial charge is 0.350 e. The van der Waals surface area contributed by atoms with E-state index in [2.05, 4.69) is 11.9 Å². The Bertz CT molecular complexity index is 395. The highest BCUT2D eigenvalue weighted by atomic mass is 32.2. The number of carbonyl (C=O) groups is 1. The summed E-state index contributed by atoms with van der Waals surface area (Å²) < 4.78 is 31.9. The van der Waals surface area contributed by atoms with Crippen molar-refractivity contribution in [1.29, 1.82) is 0 Å². The molecule has 106 valence electrons. The van der Waals surface area contributed by atoms with Crippen LogP contribution in [0.2, 0.25) is 0 Å². The number of nitrogens with one attached hydrogen (secondary N) is 1. The molecule has 0 rings (SSSR count). The third-order valence-corrected chi connectivity index (χ3v) is 4.42. The van der Waals surface area contributed by atoms with Crippen LogP contribution in [0.3, 0.4) is 0 Å². The molecule has 1 amide bonds. The van der Waals surface area contributed by atoms with Gasteiger partial charge in [0, 0.05) is 6.04 Å². The highest BCUT2D eigenvalue weighted by molar-refractivity contribution is 7.86. The van der Waals surface area contributed by atoms with Crippen molar-refractivity contribution >= 4 is 16.0 Å². The Kier molecular flexibility index (Phi) is 6.02. The number of rotatable bonds is 6. The molecule has 0 fully saturated rings. The predicted octanol–water partition coefficient (Wildman–Crippen LogP) is 1.76. The molecule has 0 aliphatic heterocycles. The fourth-order valence-electron chi connectivity index (χ4n) is 1.80. The zero-order valence-corrected chi connectivity index (χ0v) is 12.3. The first-order chi connectivity index (χ1) is 7.98. The Hall–Kier alpha value is -0.880. The van der Waals surface area contributed by atoms with E-state index in [9.17, 15) is 17.8 Å². The van der Waals surface area contributed by atoms with Gasteiger partial charge in [-0.3, -0.25) is 9.35 Å². The quantitative estimate of drug-likeness (QED) is 0.572. The SMILES string of the molecule is C=CC(=O)NC(C)CCC(C(C)(C)C)S(=O)(=O)O. The number of hydrogen-bond acceptors (Lipinski definition) is 3. The van der Waals surface area contributed by atoms with Crippen LogP contribution in [0.25, 0.3) is 0 Å². The molecule has 5 nitrogen and oxygen atoms in total. The molecule has 0 aliphatic carbocycles. The Morgan fingerprint density at radius 1 is 1.39 bits per heavy atom. The Labute approximate surface area is 109 Å². The normalized spacial score (nSPS) is 15.8. The predicted molar refractivity (Wildman–Crippen MR) is 71.8 cm³/mol. The summed E-state index contributed by atoms with van der Waals surface area (Å²) in [6.45, 7) is 10.4. The van der Waals surface area contributed by atoms with E-state index in [-0.39, 0.29) is 11.9 Å². The number of hydrogen-bond donors (Lipinski definition) is 2. The lowest BCUT2D eigenvalue weighted by Gasteiger charge is -2.28. The van der Waals surface area contributed by atoms with Gasteiger partial charge >= 0.3 is 0 Å². The molecule has 0 aromatic heterocycles. The zero-order chi connectivity index (χ0) is 14.6. The van der Waals surface area contributed by atoms with Crippen molar-refractivity contribution in [3.63, 3.8) is 0 Å². The summed E-state index contributed by atoms with van der Waals surface area (Å²) >= 11 is 0. The van der Waals surface area contributed by atoms with Crippen LogP contribution in [-0.2, 0) is 14.9 Å². The van der Waals surface area contributed by atoms with Crippen molar-refractivity contribution in [3.8, 4) is 0 Å². The van der Waals surface area contributed by atoms with Crippen LogP contribution in [0.4, 0.5) is 0 Å². The average Bonchev–Trinajstić information content (AvgIpc) is 2.13.